The van der Waals surface area contributed by atoms with Crippen LogP contribution < -0.4 is 4.74 Å². The number of phenols is 1. The van der Waals surface area contributed by atoms with Crippen molar-refractivity contribution in [2.24, 2.45) is 17.3 Å². The summed E-state index contributed by atoms with van der Waals surface area (Å²) in [7, 11) is 0. The molecule has 0 aliphatic heterocycles. The number of aliphatic hydroxyl groups is 1. The maximum Gasteiger partial charge on any atom is 0.162 e. The Morgan fingerprint density at radius 3 is 2.60 bits per heavy atom. The van der Waals surface area contributed by atoms with Gasteiger partial charge in [-0.2, -0.15) is 0 Å². The topological polar surface area (TPSA) is 49.7 Å². The highest BCUT2D eigenvalue weighted by Gasteiger charge is 2.54. The van der Waals surface area contributed by atoms with Gasteiger partial charge in [-0.15, -0.1) is 0 Å². The van der Waals surface area contributed by atoms with Crippen molar-refractivity contribution in [3.05, 3.63) is 23.3 Å². The summed E-state index contributed by atoms with van der Waals surface area (Å²) in [6.07, 6.45) is 6.46. The first kappa shape index (κ1) is 17.2. The minimum Gasteiger partial charge on any atom is -0.504 e. The zero-order valence-electron chi connectivity index (χ0n) is 16.0. The lowest BCUT2D eigenvalue weighted by molar-refractivity contribution is -0.0227. The van der Waals surface area contributed by atoms with E-state index in [4.69, 9.17) is 4.74 Å². The predicted octanol–water partition coefficient (Wildman–Crippen LogP) is 4.79. The molecule has 0 heterocycles. The van der Waals surface area contributed by atoms with Gasteiger partial charge in [0.15, 0.2) is 11.5 Å². The minimum atomic E-state index is -0.319. The molecule has 0 bridgehead atoms. The Labute approximate surface area is 151 Å². The molecule has 0 radical (unpaired) electrons. The summed E-state index contributed by atoms with van der Waals surface area (Å²) in [5.41, 5.74) is 2.47. The van der Waals surface area contributed by atoms with Crippen LogP contribution in [0.2, 0.25) is 0 Å². The second-order valence-electron chi connectivity index (χ2n) is 9.79. The Bertz CT molecular complexity index is 675. The summed E-state index contributed by atoms with van der Waals surface area (Å²) in [6, 6.07) is 4.05. The van der Waals surface area contributed by atoms with E-state index in [0.29, 0.717) is 23.5 Å². The molecule has 3 unspecified atom stereocenters. The molecule has 1 aromatic rings. The Balaban J connectivity index is 1.69. The standard InChI is InChI=1S/C22H32O3/c1-21(2,3)25-19-12-16-13(11-18(19)23)5-6-15-14(16)9-10-22(4)17(15)7-8-20(22)24/h11-12,14-15,17,20,23-24H,5-10H2,1-4H3/t14?,15?,17?,20-,22-/m0/s1. The molecular weight excluding hydrogens is 312 g/mol. The van der Waals surface area contributed by atoms with Gasteiger partial charge in [-0.25, -0.2) is 0 Å². The van der Waals surface area contributed by atoms with E-state index in [2.05, 4.69) is 13.0 Å². The first-order valence-electron chi connectivity index (χ1n) is 9.92. The van der Waals surface area contributed by atoms with E-state index in [0.717, 1.165) is 32.1 Å². The van der Waals surface area contributed by atoms with Crippen molar-refractivity contribution in [3.8, 4) is 11.5 Å². The van der Waals surface area contributed by atoms with Crippen LogP contribution in [0.4, 0.5) is 0 Å². The van der Waals surface area contributed by atoms with Crippen LogP contribution in [0.15, 0.2) is 12.1 Å². The average molecular weight is 344 g/mol. The van der Waals surface area contributed by atoms with Crippen molar-refractivity contribution in [1.82, 2.24) is 0 Å². The number of aryl methyl sites for hydroxylation is 1. The second kappa shape index (κ2) is 5.64. The molecule has 3 nitrogen and oxygen atoms in total. The summed E-state index contributed by atoms with van der Waals surface area (Å²) < 4.78 is 6.01. The average Bonchev–Trinajstić information content (AvgIpc) is 2.82. The lowest BCUT2D eigenvalue weighted by atomic mass is 9.55. The number of ether oxygens (including phenoxy) is 1. The predicted molar refractivity (Wildman–Crippen MR) is 99.1 cm³/mol. The number of phenolic OH excluding ortho intramolecular Hbond substituents is 1. The lowest BCUT2D eigenvalue weighted by Crippen LogP contribution is -2.43. The molecule has 1 aromatic carbocycles. The van der Waals surface area contributed by atoms with Crippen LogP contribution in [0, 0.1) is 17.3 Å². The van der Waals surface area contributed by atoms with Gasteiger partial charge >= 0.3 is 0 Å². The monoisotopic (exact) mass is 344 g/mol. The van der Waals surface area contributed by atoms with E-state index in [1.165, 1.54) is 17.5 Å². The highest BCUT2D eigenvalue weighted by atomic mass is 16.5. The molecule has 2 saturated carbocycles. The van der Waals surface area contributed by atoms with Crippen molar-refractivity contribution >= 4 is 0 Å². The maximum absolute atomic E-state index is 10.5. The molecule has 3 aliphatic rings. The van der Waals surface area contributed by atoms with Crippen LogP contribution in [0.25, 0.3) is 0 Å². The number of hydrogen-bond acceptors (Lipinski definition) is 3. The molecule has 3 aliphatic carbocycles. The van der Waals surface area contributed by atoms with Gasteiger partial charge in [0, 0.05) is 0 Å². The minimum absolute atomic E-state index is 0.111. The molecule has 0 aromatic heterocycles. The largest absolute Gasteiger partial charge is 0.504 e. The Morgan fingerprint density at radius 1 is 1.12 bits per heavy atom. The van der Waals surface area contributed by atoms with Gasteiger partial charge in [-0.05, 0) is 106 Å². The van der Waals surface area contributed by atoms with Crippen molar-refractivity contribution in [3.63, 3.8) is 0 Å². The molecule has 25 heavy (non-hydrogen) atoms. The van der Waals surface area contributed by atoms with Gasteiger partial charge in [0.2, 0.25) is 0 Å². The normalized spacial score (nSPS) is 37.2. The van der Waals surface area contributed by atoms with Gasteiger partial charge in [-0.3, -0.25) is 0 Å². The molecule has 2 fully saturated rings. The molecule has 138 valence electrons. The first-order valence-corrected chi connectivity index (χ1v) is 9.92. The molecule has 2 N–H and O–H groups in total. The molecule has 5 atom stereocenters. The Hall–Kier alpha value is -1.22. The van der Waals surface area contributed by atoms with Crippen molar-refractivity contribution in [1.29, 1.82) is 0 Å². The summed E-state index contributed by atoms with van der Waals surface area (Å²) in [6.45, 7) is 8.36. The second-order valence-corrected chi connectivity index (χ2v) is 9.79. The number of aromatic hydroxyl groups is 1. The van der Waals surface area contributed by atoms with Crippen molar-refractivity contribution in [2.75, 3.05) is 0 Å². The van der Waals surface area contributed by atoms with Crippen LogP contribution in [0.3, 0.4) is 0 Å². The highest BCUT2D eigenvalue weighted by molar-refractivity contribution is 5.49. The zero-order valence-corrected chi connectivity index (χ0v) is 16.0. The summed E-state index contributed by atoms with van der Waals surface area (Å²) in [4.78, 5) is 0. The Morgan fingerprint density at radius 2 is 1.88 bits per heavy atom. The number of aliphatic hydroxyl groups excluding tert-OH is 1. The van der Waals surface area contributed by atoms with Crippen LogP contribution in [-0.4, -0.2) is 21.9 Å². The smallest absolute Gasteiger partial charge is 0.162 e. The van der Waals surface area contributed by atoms with E-state index in [1.54, 1.807) is 0 Å². The summed E-state index contributed by atoms with van der Waals surface area (Å²) in [5.74, 6) is 2.73. The molecule has 0 saturated heterocycles. The van der Waals surface area contributed by atoms with Gasteiger partial charge in [0.25, 0.3) is 0 Å². The van der Waals surface area contributed by atoms with Gasteiger partial charge in [0.05, 0.1) is 6.10 Å². The number of fused-ring (bicyclic) bond motifs is 5. The molecular formula is C22H32O3. The summed E-state index contributed by atoms with van der Waals surface area (Å²) >= 11 is 0. The fraction of sp³-hybridized carbons (Fsp3) is 0.727. The van der Waals surface area contributed by atoms with Crippen molar-refractivity contribution < 1.29 is 14.9 Å². The third-order valence-corrected chi connectivity index (χ3v) is 7.17. The first-order chi connectivity index (χ1) is 11.7. The van der Waals surface area contributed by atoms with Gasteiger partial charge in [-0.1, -0.05) is 6.92 Å². The van der Waals surface area contributed by atoms with Crippen LogP contribution in [0.1, 0.15) is 76.8 Å². The molecule has 0 amide bonds. The zero-order chi connectivity index (χ0) is 18.0. The van der Waals surface area contributed by atoms with E-state index >= 15 is 0 Å². The SMILES string of the molecule is CC(C)(C)Oc1cc2c(cc1O)CCC1C2CC[C@@]2(C)C1CC[C@@H]2O. The molecule has 0 spiro atoms. The fourth-order valence-electron chi connectivity index (χ4n) is 5.97. The quantitative estimate of drug-likeness (QED) is 0.770. The third kappa shape index (κ3) is 2.75. The molecule has 4 rings (SSSR count). The van der Waals surface area contributed by atoms with Crippen LogP contribution in [-0.2, 0) is 6.42 Å². The summed E-state index contributed by atoms with van der Waals surface area (Å²) in [5, 5.41) is 20.9. The van der Waals surface area contributed by atoms with Gasteiger partial charge in [0.1, 0.15) is 5.60 Å². The van der Waals surface area contributed by atoms with Crippen LogP contribution >= 0.6 is 0 Å². The third-order valence-electron chi connectivity index (χ3n) is 7.17. The van der Waals surface area contributed by atoms with Crippen LogP contribution in [0.5, 0.6) is 11.5 Å². The van der Waals surface area contributed by atoms with Gasteiger partial charge < -0.3 is 14.9 Å². The maximum atomic E-state index is 10.5. The van der Waals surface area contributed by atoms with E-state index < -0.39 is 0 Å². The van der Waals surface area contributed by atoms with E-state index in [1.807, 2.05) is 26.8 Å². The number of hydrogen-bond donors (Lipinski definition) is 2. The lowest BCUT2D eigenvalue weighted by Gasteiger charge is -2.50. The Kier molecular flexibility index (Phi) is 3.88. The fourth-order valence-corrected chi connectivity index (χ4v) is 5.97. The number of rotatable bonds is 1. The van der Waals surface area contributed by atoms with E-state index in [9.17, 15) is 10.2 Å². The van der Waals surface area contributed by atoms with Crippen molar-refractivity contribution in [2.45, 2.75) is 83.8 Å². The van der Waals surface area contributed by atoms with E-state index in [-0.39, 0.29) is 22.9 Å². The molecule has 3 heteroatoms. The number of benzene rings is 1. The highest BCUT2D eigenvalue weighted by Crippen LogP contribution is 2.61.